The second-order valence-electron chi connectivity index (χ2n) is 5.35. The molecule has 0 saturated heterocycles. The lowest BCUT2D eigenvalue weighted by Crippen LogP contribution is -2.29. The largest absolute Gasteiger partial charge is 0.383 e. The molecule has 3 aromatic rings. The van der Waals surface area contributed by atoms with E-state index in [0.29, 0.717) is 22.8 Å². The molecule has 9 nitrogen and oxygen atoms in total. The van der Waals surface area contributed by atoms with Crippen molar-refractivity contribution in [3.63, 3.8) is 0 Å². The summed E-state index contributed by atoms with van der Waals surface area (Å²) in [4.78, 5) is 29.8. The van der Waals surface area contributed by atoms with Crippen LogP contribution in [-0.4, -0.2) is 41.9 Å². The van der Waals surface area contributed by atoms with Crippen molar-refractivity contribution in [2.24, 2.45) is 7.05 Å². The van der Waals surface area contributed by atoms with Crippen LogP contribution in [-0.2, 0) is 18.3 Å². The van der Waals surface area contributed by atoms with E-state index in [9.17, 15) is 14.7 Å². The van der Waals surface area contributed by atoms with Crippen LogP contribution < -0.4 is 11.0 Å². The van der Waals surface area contributed by atoms with Gasteiger partial charge in [-0.2, -0.15) is 5.10 Å². The Labute approximate surface area is 136 Å². The molecule has 3 rings (SSSR count). The summed E-state index contributed by atoms with van der Waals surface area (Å²) < 4.78 is 1.74. The fourth-order valence-electron chi connectivity index (χ4n) is 2.24. The number of hydrogen-bond acceptors (Lipinski definition) is 5. The van der Waals surface area contributed by atoms with Gasteiger partial charge in [0.1, 0.15) is 6.10 Å². The van der Waals surface area contributed by atoms with Crippen molar-refractivity contribution in [2.45, 2.75) is 12.5 Å². The molecule has 1 atom stereocenters. The molecule has 1 amide bonds. The zero-order valence-electron chi connectivity index (χ0n) is 12.9. The minimum Gasteiger partial charge on any atom is -0.383 e. The lowest BCUT2D eigenvalue weighted by Gasteiger charge is -2.11. The first-order valence-corrected chi connectivity index (χ1v) is 7.22. The lowest BCUT2D eigenvalue weighted by atomic mass is 10.1. The monoisotopic (exact) mass is 328 g/mol. The molecular weight excluding hydrogens is 312 g/mol. The number of aromatic nitrogens is 5. The number of hydrogen-bond donors (Lipinski definition) is 4. The van der Waals surface area contributed by atoms with E-state index in [1.807, 2.05) is 7.05 Å². The highest BCUT2D eigenvalue weighted by Gasteiger charge is 2.17. The van der Waals surface area contributed by atoms with Crippen molar-refractivity contribution in [3.8, 4) is 11.4 Å². The molecule has 0 radical (unpaired) electrons. The van der Waals surface area contributed by atoms with Crippen molar-refractivity contribution in [2.75, 3.05) is 5.32 Å². The molecule has 0 spiro atoms. The topological polar surface area (TPSA) is 129 Å². The number of aromatic amines is 2. The van der Waals surface area contributed by atoms with Crippen LogP contribution in [0.15, 0.2) is 41.6 Å². The number of nitrogens with one attached hydrogen (secondary N) is 3. The van der Waals surface area contributed by atoms with Gasteiger partial charge in [0.15, 0.2) is 5.82 Å². The zero-order valence-corrected chi connectivity index (χ0v) is 12.9. The number of aliphatic hydroxyl groups is 1. The standard InChI is InChI=1S/C15H16N6O3/c1-21-7-11(16-8-21)6-12(22)14(23)17-10-4-2-3-9(5-10)13-18-15(24)20-19-13/h2-5,7-8,12,22H,6H2,1H3,(H,17,23)(H2,18,19,20,24). The fraction of sp³-hybridized carbons (Fsp3) is 0.200. The van der Waals surface area contributed by atoms with Crippen molar-refractivity contribution in [3.05, 3.63) is 53.0 Å². The van der Waals surface area contributed by atoms with Crippen LogP contribution in [0.1, 0.15) is 5.69 Å². The van der Waals surface area contributed by atoms with Crippen LogP contribution in [0.25, 0.3) is 11.4 Å². The van der Waals surface area contributed by atoms with Crippen LogP contribution in [0.5, 0.6) is 0 Å². The number of nitrogens with zero attached hydrogens (tertiary/aromatic N) is 3. The minimum absolute atomic E-state index is 0.124. The molecule has 0 aliphatic rings. The molecule has 0 fully saturated rings. The van der Waals surface area contributed by atoms with Crippen LogP contribution in [0.4, 0.5) is 5.69 Å². The zero-order chi connectivity index (χ0) is 17.1. The van der Waals surface area contributed by atoms with Gasteiger partial charge in [-0.15, -0.1) is 0 Å². The third-order valence-electron chi connectivity index (χ3n) is 3.37. The van der Waals surface area contributed by atoms with Crippen molar-refractivity contribution in [1.29, 1.82) is 0 Å². The number of rotatable bonds is 5. The molecular formula is C15H16N6O3. The molecule has 24 heavy (non-hydrogen) atoms. The lowest BCUT2D eigenvalue weighted by molar-refractivity contribution is -0.123. The number of aryl methyl sites for hydroxylation is 1. The highest BCUT2D eigenvalue weighted by atomic mass is 16.3. The van der Waals surface area contributed by atoms with E-state index in [2.05, 4.69) is 25.5 Å². The smallest absolute Gasteiger partial charge is 0.340 e. The first kappa shape index (κ1) is 15.7. The van der Waals surface area contributed by atoms with Crippen molar-refractivity contribution < 1.29 is 9.90 Å². The van der Waals surface area contributed by atoms with Crippen LogP contribution in [0.2, 0.25) is 0 Å². The van der Waals surface area contributed by atoms with E-state index >= 15 is 0 Å². The van der Waals surface area contributed by atoms with Gasteiger partial charge in [0.2, 0.25) is 0 Å². The quantitative estimate of drug-likeness (QED) is 0.525. The van der Waals surface area contributed by atoms with Gasteiger partial charge in [-0.25, -0.2) is 14.9 Å². The van der Waals surface area contributed by atoms with E-state index in [1.54, 1.807) is 41.4 Å². The van der Waals surface area contributed by atoms with Gasteiger partial charge in [-0.05, 0) is 12.1 Å². The SMILES string of the molecule is Cn1cnc(CC(O)C(=O)Nc2cccc(-c3n[nH]c(=O)[nH]3)c2)c1. The van der Waals surface area contributed by atoms with Crippen LogP contribution in [0.3, 0.4) is 0 Å². The highest BCUT2D eigenvalue weighted by molar-refractivity contribution is 5.94. The number of amides is 1. The van der Waals surface area contributed by atoms with Crippen molar-refractivity contribution in [1.82, 2.24) is 24.7 Å². The normalized spacial score (nSPS) is 12.1. The minimum atomic E-state index is -1.21. The maximum Gasteiger partial charge on any atom is 0.340 e. The summed E-state index contributed by atoms with van der Waals surface area (Å²) in [7, 11) is 1.81. The van der Waals surface area contributed by atoms with E-state index in [1.165, 1.54) is 0 Å². The van der Waals surface area contributed by atoms with Gasteiger partial charge in [-0.1, -0.05) is 12.1 Å². The van der Waals surface area contributed by atoms with Gasteiger partial charge < -0.3 is 15.0 Å². The highest BCUT2D eigenvalue weighted by Crippen LogP contribution is 2.18. The van der Waals surface area contributed by atoms with Gasteiger partial charge in [0, 0.05) is 30.9 Å². The average molecular weight is 328 g/mol. The average Bonchev–Trinajstić information content (AvgIpc) is 3.16. The number of aliphatic hydroxyl groups excluding tert-OH is 1. The van der Waals surface area contributed by atoms with E-state index in [0.717, 1.165) is 0 Å². The maximum atomic E-state index is 12.1. The molecule has 2 heterocycles. The number of carbonyl (C=O) groups is 1. The Kier molecular flexibility index (Phi) is 4.25. The van der Waals surface area contributed by atoms with Crippen molar-refractivity contribution >= 4 is 11.6 Å². The number of imidazole rings is 1. The van der Waals surface area contributed by atoms with Gasteiger partial charge in [-0.3, -0.25) is 9.78 Å². The molecule has 9 heteroatoms. The summed E-state index contributed by atoms with van der Waals surface area (Å²) >= 11 is 0. The van der Waals surface area contributed by atoms with Crippen LogP contribution in [0, 0.1) is 0 Å². The van der Waals surface area contributed by atoms with Gasteiger partial charge in [0.05, 0.1) is 12.0 Å². The fourth-order valence-corrected chi connectivity index (χ4v) is 2.24. The molecule has 0 aliphatic heterocycles. The summed E-state index contributed by atoms with van der Waals surface area (Å²) in [5.41, 5.74) is 1.33. The second-order valence-corrected chi connectivity index (χ2v) is 5.35. The Hall–Kier alpha value is -3.20. The first-order valence-electron chi connectivity index (χ1n) is 7.22. The third kappa shape index (κ3) is 3.58. The van der Waals surface area contributed by atoms with E-state index in [-0.39, 0.29) is 6.42 Å². The summed E-state index contributed by atoms with van der Waals surface area (Å²) in [5, 5.41) is 18.7. The molecule has 0 aliphatic carbocycles. The summed E-state index contributed by atoms with van der Waals surface area (Å²) in [6.45, 7) is 0. The molecule has 1 unspecified atom stereocenters. The van der Waals surface area contributed by atoms with Gasteiger partial charge in [0.25, 0.3) is 5.91 Å². The van der Waals surface area contributed by atoms with Gasteiger partial charge >= 0.3 is 5.69 Å². The summed E-state index contributed by atoms with van der Waals surface area (Å²) in [6, 6.07) is 6.78. The molecule has 2 aromatic heterocycles. The van der Waals surface area contributed by atoms with Crippen LogP contribution >= 0.6 is 0 Å². The predicted octanol–water partition coefficient (Wildman–Crippen LogP) is 0.0406. The second kappa shape index (κ2) is 6.50. The molecule has 124 valence electrons. The Morgan fingerprint density at radius 2 is 2.29 bits per heavy atom. The number of H-pyrrole nitrogens is 2. The number of benzene rings is 1. The maximum absolute atomic E-state index is 12.1. The Balaban J connectivity index is 1.68. The van der Waals surface area contributed by atoms with E-state index < -0.39 is 17.7 Å². The number of carbonyl (C=O) groups excluding carboxylic acids is 1. The molecule has 4 N–H and O–H groups in total. The first-order chi connectivity index (χ1) is 11.5. The Morgan fingerprint density at radius 1 is 1.46 bits per heavy atom. The molecule has 0 saturated carbocycles. The summed E-state index contributed by atoms with van der Waals surface area (Å²) in [5.74, 6) is -0.168. The molecule has 1 aromatic carbocycles. The summed E-state index contributed by atoms with van der Waals surface area (Å²) in [6.07, 6.45) is 2.26. The Morgan fingerprint density at radius 3 is 2.96 bits per heavy atom. The number of anilines is 1. The van der Waals surface area contributed by atoms with E-state index in [4.69, 9.17) is 0 Å². The molecule has 0 bridgehead atoms. The Bertz CT molecular complexity index is 910. The third-order valence-corrected chi connectivity index (χ3v) is 3.37. The predicted molar refractivity (Wildman–Crippen MR) is 86.2 cm³/mol.